The minimum absolute atomic E-state index is 0.205. The summed E-state index contributed by atoms with van der Waals surface area (Å²) in [6, 6.07) is 5.52. The maximum Gasteiger partial charge on any atom is 0.410 e. The number of nitrogens with one attached hydrogen (secondary N) is 1. The number of rotatable bonds is 10. The quantitative estimate of drug-likeness (QED) is 0.366. The fraction of sp³-hybridized carbons (Fsp3) is 0.552. The number of likely N-dealkylation sites (tertiary alicyclic amines) is 1. The van der Waals surface area contributed by atoms with Crippen molar-refractivity contribution in [3.8, 4) is 17.1 Å². The third-order valence-electron chi connectivity index (χ3n) is 6.71. The molecular weight excluding hydrogens is 512 g/mol. The smallest absolute Gasteiger partial charge is 0.410 e. The van der Waals surface area contributed by atoms with Crippen molar-refractivity contribution in [2.75, 3.05) is 45.3 Å². The van der Waals surface area contributed by atoms with Crippen LogP contribution in [0.5, 0.6) is 5.88 Å². The van der Waals surface area contributed by atoms with E-state index in [0.29, 0.717) is 73.7 Å². The van der Waals surface area contributed by atoms with Crippen LogP contribution < -0.4 is 15.6 Å². The molecule has 11 heteroatoms. The fourth-order valence-electron chi connectivity index (χ4n) is 4.58. The average Bonchev–Trinajstić information content (AvgIpc) is 2.94. The molecule has 0 aromatic carbocycles. The zero-order chi connectivity index (χ0) is 28.7. The summed E-state index contributed by atoms with van der Waals surface area (Å²) in [7, 11) is 1.57. The maximum absolute atomic E-state index is 13.6. The summed E-state index contributed by atoms with van der Waals surface area (Å²) < 4.78 is 18.1. The first kappa shape index (κ1) is 29.3. The average molecular weight is 553 g/mol. The van der Waals surface area contributed by atoms with E-state index in [0.717, 1.165) is 24.8 Å². The second kappa shape index (κ2) is 13.1. The van der Waals surface area contributed by atoms with Crippen molar-refractivity contribution in [2.24, 2.45) is 5.92 Å². The Balaban J connectivity index is 1.51. The van der Waals surface area contributed by atoms with Crippen molar-refractivity contribution in [3.63, 3.8) is 0 Å². The molecule has 3 aromatic rings. The number of carbonyl (C=O) groups excluding carboxylic acids is 1. The number of pyridine rings is 2. The number of amides is 1. The molecule has 1 amide bonds. The van der Waals surface area contributed by atoms with Crippen molar-refractivity contribution in [1.29, 1.82) is 0 Å². The van der Waals surface area contributed by atoms with Crippen molar-refractivity contribution in [2.45, 2.75) is 59.1 Å². The molecule has 0 unspecified atom stereocenters. The third kappa shape index (κ3) is 7.47. The van der Waals surface area contributed by atoms with Gasteiger partial charge in [-0.2, -0.15) is 0 Å². The molecule has 4 rings (SSSR count). The lowest BCUT2D eigenvalue weighted by atomic mass is 9.97. The standard InChI is InChI=1S/C29H40N6O5/c1-6-14-39-15-13-35-24-16-22(21-7-8-25(38-5)31-18-21)30-19-23(24)33-26(27(35)36)32-17-20-9-11-34(12-10-20)28(37)40-29(2,3)4/h7-8,16,18-20H,6,9-15,17H2,1-5H3,(H,32,33). The van der Waals surface area contributed by atoms with Crippen LogP contribution >= 0.6 is 0 Å². The van der Waals surface area contributed by atoms with Gasteiger partial charge in [-0.05, 0) is 58.1 Å². The highest BCUT2D eigenvalue weighted by Crippen LogP contribution is 2.23. The lowest BCUT2D eigenvalue weighted by Crippen LogP contribution is -2.42. The van der Waals surface area contributed by atoms with Gasteiger partial charge in [-0.1, -0.05) is 6.92 Å². The first-order chi connectivity index (χ1) is 19.2. The summed E-state index contributed by atoms with van der Waals surface area (Å²) in [5, 5.41) is 3.29. The van der Waals surface area contributed by atoms with Crippen LogP contribution in [-0.4, -0.2) is 76.1 Å². The molecule has 1 N–H and O–H groups in total. The van der Waals surface area contributed by atoms with Gasteiger partial charge in [-0.15, -0.1) is 0 Å². The Hall–Kier alpha value is -3.73. The number of piperidine rings is 1. The van der Waals surface area contributed by atoms with E-state index >= 15 is 0 Å². The van der Waals surface area contributed by atoms with Gasteiger partial charge in [-0.25, -0.2) is 14.8 Å². The monoisotopic (exact) mass is 552 g/mol. The number of carbonyl (C=O) groups is 1. The van der Waals surface area contributed by atoms with Crippen LogP contribution in [0, 0.1) is 5.92 Å². The van der Waals surface area contributed by atoms with Gasteiger partial charge in [0.1, 0.15) is 11.1 Å². The van der Waals surface area contributed by atoms with Crippen molar-refractivity contribution in [1.82, 2.24) is 24.4 Å². The molecule has 4 heterocycles. The lowest BCUT2D eigenvalue weighted by molar-refractivity contribution is 0.0188. The molecule has 0 saturated carbocycles. The van der Waals surface area contributed by atoms with Crippen LogP contribution in [0.3, 0.4) is 0 Å². The van der Waals surface area contributed by atoms with E-state index < -0.39 is 5.60 Å². The van der Waals surface area contributed by atoms with Crippen molar-refractivity contribution < 1.29 is 19.0 Å². The molecule has 0 radical (unpaired) electrons. The summed E-state index contributed by atoms with van der Waals surface area (Å²) in [5.41, 5.74) is 2.07. The van der Waals surface area contributed by atoms with Gasteiger partial charge in [-0.3, -0.25) is 9.78 Å². The van der Waals surface area contributed by atoms with E-state index in [-0.39, 0.29) is 11.7 Å². The summed E-state index contributed by atoms with van der Waals surface area (Å²) in [5.74, 6) is 1.11. The Morgan fingerprint density at radius 1 is 1.12 bits per heavy atom. The number of methoxy groups -OCH3 is 1. The molecule has 3 aromatic heterocycles. The SMILES string of the molecule is CCCOCCn1c(=O)c(NCC2CCN(C(=O)OC(C)(C)C)CC2)nc2cnc(-c3ccc(OC)nc3)cc21. The first-order valence-electron chi connectivity index (χ1n) is 13.9. The van der Waals surface area contributed by atoms with Crippen LogP contribution in [-0.2, 0) is 16.0 Å². The van der Waals surface area contributed by atoms with Crippen LogP contribution in [0.15, 0.2) is 35.4 Å². The molecule has 40 heavy (non-hydrogen) atoms. The second-order valence-corrected chi connectivity index (χ2v) is 11.0. The van der Waals surface area contributed by atoms with E-state index in [4.69, 9.17) is 14.2 Å². The van der Waals surface area contributed by atoms with Gasteiger partial charge in [0.15, 0.2) is 5.82 Å². The Kier molecular flexibility index (Phi) is 9.57. The van der Waals surface area contributed by atoms with Gasteiger partial charge in [0.2, 0.25) is 5.88 Å². The van der Waals surface area contributed by atoms with Gasteiger partial charge < -0.3 is 29.0 Å². The zero-order valence-corrected chi connectivity index (χ0v) is 24.1. The molecule has 0 atom stereocenters. The van der Waals surface area contributed by atoms with Gasteiger partial charge in [0.05, 0.1) is 31.1 Å². The Labute approximate surface area is 234 Å². The first-order valence-corrected chi connectivity index (χ1v) is 13.9. The highest BCUT2D eigenvalue weighted by molar-refractivity contribution is 5.80. The molecule has 1 fully saturated rings. The van der Waals surface area contributed by atoms with Gasteiger partial charge in [0.25, 0.3) is 5.56 Å². The summed E-state index contributed by atoms with van der Waals surface area (Å²) in [6.45, 7) is 10.9. The third-order valence-corrected chi connectivity index (χ3v) is 6.71. The largest absolute Gasteiger partial charge is 0.481 e. The van der Waals surface area contributed by atoms with Crippen LogP contribution in [0.25, 0.3) is 22.3 Å². The molecule has 216 valence electrons. The highest BCUT2D eigenvalue weighted by atomic mass is 16.6. The van der Waals surface area contributed by atoms with Crippen LogP contribution in [0.4, 0.5) is 10.6 Å². The van der Waals surface area contributed by atoms with E-state index in [1.54, 1.807) is 35.0 Å². The van der Waals surface area contributed by atoms with Crippen molar-refractivity contribution >= 4 is 22.9 Å². The highest BCUT2D eigenvalue weighted by Gasteiger charge is 2.27. The molecule has 0 bridgehead atoms. The molecule has 1 saturated heterocycles. The number of fused-ring (bicyclic) bond motifs is 1. The molecule has 1 aliphatic rings. The van der Waals surface area contributed by atoms with Gasteiger partial charge in [0, 0.05) is 50.6 Å². The normalized spacial score (nSPS) is 14.4. The minimum atomic E-state index is -0.514. The number of ether oxygens (including phenoxy) is 3. The van der Waals surface area contributed by atoms with Crippen LogP contribution in [0.2, 0.25) is 0 Å². The number of aromatic nitrogens is 4. The van der Waals surface area contributed by atoms with E-state index in [1.165, 1.54) is 0 Å². The topological polar surface area (TPSA) is 121 Å². The van der Waals surface area contributed by atoms with Gasteiger partial charge >= 0.3 is 6.09 Å². The van der Waals surface area contributed by atoms with Crippen LogP contribution in [0.1, 0.15) is 47.0 Å². The minimum Gasteiger partial charge on any atom is -0.481 e. The lowest BCUT2D eigenvalue weighted by Gasteiger charge is -2.33. The van der Waals surface area contributed by atoms with E-state index in [9.17, 15) is 9.59 Å². The predicted octanol–water partition coefficient (Wildman–Crippen LogP) is 4.35. The Morgan fingerprint density at radius 2 is 1.90 bits per heavy atom. The van der Waals surface area contributed by atoms with E-state index in [2.05, 4.69) is 27.2 Å². The van der Waals surface area contributed by atoms with E-state index in [1.807, 2.05) is 32.9 Å². The fourth-order valence-corrected chi connectivity index (χ4v) is 4.58. The Bertz CT molecular complexity index is 1340. The zero-order valence-electron chi connectivity index (χ0n) is 24.1. The maximum atomic E-state index is 13.6. The number of hydrogen-bond donors (Lipinski definition) is 1. The Morgan fingerprint density at radius 3 is 2.55 bits per heavy atom. The molecule has 0 spiro atoms. The second-order valence-electron chi connectivity index (χ2n) is 11.0. The number of anilines is 1. The van der Waals surface area contributed by atoms with Crippen molar-refractivity contribution in [3.05, 3.63) is 40.9 Å². The summed E-state index contributed by atoms with van der Waals surface area (Å²) in [6.07, 6.45) is 5.64. The molecule has 1 aliphatic heterocycles. The summed E-state index contributed by atoms with van der Waals surface area (Å²) >= 11 is 0. The molecule has 0 aliphatic carbocycles. The summed E-state index contributed by atoms with van der Waals surface area (Å²) in [4.78, 5) is 41.2. The molecule has 11 nitrogen and oxygen atoms in total. The predicted molar refractivity (Wildman–Crippen MR) is 154 cm³/mol. The molecular formula is C29H40N6O5. The number of hydrogen-bond acceptors (Lipinski definition) is 9. The number of nitrogens with zero attached hydrogens (tertiary/aromatic N) is 5.